The second-order valence-electron chi connectivity index (χ2n) is 4.90. The molecule has 0 aliphatic rings. The summed E-state index contributed by atoms with van der Waals surface area (Å²) in [5.41, 5.74) is -2.26. The molecule has 0 radical (unpaired) electrons. The molecular formula is C12H20N2O4. The van der Waals surface area contributed by atoms with Crippen molar-refractivity contribution < 1.29 is 19.1 Å². The number of hydrogen-bond acceptors (Lipinski definition) is 6. The molecule has 0 fully saturated rings. The molecule has 0 heterocycles. The van der Waals surface area contributed by atoms with Crippen LogP contribution in [0.2, 0.25) is 0 Å². The molecule has 0 spiro atoms. The number of nitriles is 1. The maximum atomic E-state index is 11.8. The number of rotatable bonds is 5. The van der Waals surface area contributed by atoms with Crippen molar-refractivity contribution in [2.75, 3.05) is 13.2 Å². The van der Waals surface area contributed by atoms with Gasteiger partial charge in [0.05, 0.1) is 19.2 Å². The molecule has 1 N–H and O–H groups in total. The topological polar surface area (TPSA) is 88.4 Å². The normalized spacial score (nSPS) is 14.2. The minimum absolute atomic E-state index is 0.225. The number of carbonyl (C=O) groups is 2. The van der Waals surface area contributed by atoms with Crippen LogP contribution in [0.1, 0.15) is 34.6 Å². The smallest absolute Gasteiger partial charge is 0.341 e. The fourth-order valence-electron chi connectivity index (χ4n) is 0.998. The van der Waals surface area contributed by atoms with E-state index in [4.69, 9.17) is 14.7 Å². The lowest BCUT2D eigenvalue weighted by atomic mass is 10.0. The Hall–Kier alpha value is -1.61. The predicted molar refractivity (Wildman–Crippen MR) is 64.5 cm³/mol. The highest BCUT2D eigenvalue weighted by molar-refractivity contribution is 5.85. The molecule has 1 unspecified atom stereocenters. The van der Waals surface area contributed by atoms with Crippen LogP contribution in [0, 0.1) is 11.3 Å². The van der Waals surface area contributed by atoms with Gasteiger partial charge in [-0.15, -0.1) is 0 Å². The van der Waals surface area contributed by atoms with E-state index in [1.807, 2.05) is 0 Å². The fourth-order valence-corrected chi connectivity index (χ4v) is 0.998. The van der Waals surface area contributed by atoms with Gasteiger partial charge in [-0.2, -0.15) is 5.26 Å². The van der Waals surface area contributed by atoms with Crippen molar-refractivity contribution in [3.63, 3.8) is 0 Å². The monoisotopic (exact) mass is 256 g/mol. The van der Waals surface area contributed by atoms with E-state index < -0.39 is 23.1 Å². The molecule has 102 valence electrons. The van der Waals surface area contributed by atoms with Gasteiger partial charge in [-0.1, -0.05) is 0 Å². The molecule has 0 aromatic rings. The summed E-state index contributed by atoms with van der Waals surface area (Å²) in [4.78, 5) is 23.0. The molecule has 0 saturated heterocycles. The van der Waals surface area contributed by atoms with Gasteiger partial charge in [0.15, 0.2) is 0 Å². The molecule has 6 nitrogen and oxygen atoms in total. The van der Waals surface area contributed by atoms with E-state index in [1.54, 1.807) is 33.8 Å². The number of carbonyl (C=O) groups excluding carboxylic acids is 2. The largest absolute Gasteiger partial charge is 0.465 e. The lowest BCUT2D eigenvalue weighted by Crippen LogP contribution is -2.52. The summed E-state index contributed by atoms with van der Waals surface area (Å²) in [7, 11) is 0. The summed E-state index contributed by atoms with van der Waals surface area (Å²) in [5.74, 6) is -1.25. The summed E-state index contributed by atoms with van der Waals surface area (Å²) in [6.45, 7) is 8.17. The number of hydrogen-bond donors (Lipinski definition) is 1. The Balaban J connectivity index is 4.58. The quantitative estimate of drug-likeness (QED) is 0.731. The Kier molecular flexibility index (Phi) is 5.79. The van der Waals surface area contributed by atoms with Gasteiger partial charge in [0.1, 0.15) is 5.60 Å². The molecule has 0 aliphatic heterocycles. The molecule has 6 heteroatoms. The first-order valence-electron chi connectivity index (χ1n) is 5.70. The summed E-state index contributed by atoms with van der Waals surface area (Å²) in [6.07, 6.45) is 0. The first-order chi connectivity index (χ1) is 8.14. The molecule has 0 rings (SSSR count). The molecule has 18 heavy (non-hydrogen) atoms. The predicted octanol–water partition coefficient (Wildman–Crippen LogP) is 0.763. The first kappa shape index (κ1) is 16.4. The summed E-state index contributed by atoms with van der Waals surface area (Å²) in [5, 5.41) is 11.6. The number of nitrogens with zero attached hydrogens (tertiary/aromatic N) is 1. The SMILES string of the molecule is CCOC(=O)CNC(C)(C#N)C(=O)OC(C)(C)C. The van der Waals surface area contributed by atoms with Crippen LogP contribution < -0.4 is 5.32 Å². The first-order valence-corrected chi connectivity index (χ1v) is 5.70. The Morgan fingerprint density at radius 3 is 2.22 bits per heavy atom. The van der Waals surface area contributed by atoms with Crippen molar-refractivity contribution in [1.29, 1.82) is 5.26 Å². The van der Waals surface area contributed by atoms with E-state index in [-0.39, 0.29) is 13.2 Å². The molecule has 0 amide bonds. The van der Waals surface area contributed by atoms with Gasteiger partial charge in [0.2, 0.25) is 5.54 Å². The highest BCUT2D eigenvalue weighted by Crippen LogP contribution is 2.13. The van der Waals surface area contributed by atoms with Crippen LogP contribution in [-0.2, 0) is 19.1 Å². The molecule has 0 saturated carbocycles. The van der Waals surface area contributed by atoms with Crippen LogP contribution in [0.4, 0.5) is 0 Å². The Labute approximate surface area is 107 Å². The molecule has 0 bridgehead atoms. The lowest BCUT2D eigenvalue weighted by molar-refractivity contribution is -0.160. The van der Waals surface area contributed by atoms with Gasteiger partial charge in [0, 0.05) is 0 Å². The zero-order valence-electron chi connectivity index (χ0n) is 11.5. The third-order valence-corrected chi connectivity index (χ3v) is 1.92. The van der Waals surface area contributed by atoms with Gasteiger partial charge in [-0.05, 0) is 34.6 Å². The molecule has 0 aromatic heterocycles. The van der Waals surface area contributed by atoms with Crippen molar-refractivity contribution >= 4 is 11.9 Å². The Bertz CT molecular complexity index is 354. The van der Waals surface area contributed by atoms with E-state index in [0.29, 0.717) is 0 Å². The van der Waals surface area contributed by atoms with Crippen molar-refractivity contribution in [2.45, 2.75) is 45.8 Å². The van der Waals surface area contributed by atoms with Crippen LogP contribution in [0.5, 0.6) is 0 Å². The number of esters is 2. The number of nitrogens with one attached hydrogen (secondary N) is 1. The zero-order valence-corrected chi connectivity index (χ0v) is 11.5. The second-order valence-corrected chi connectivity index (χ2v) is 4.90. The van der Waals surface area contributed by atoms with E-state index in [1.165, 1.54) is 6.92 Å². The molecule has 0 aliphatic carbocycles. The lowest BCUT2D eigenvalue weighted by Gasteiger charge is -2.26. The summed E-state index contributed by atoms with van der Waals surface area (Å²) < 4.78 is 9.81. The van der Waals surface area contributed by atoms with E-state index in [0.717, 1.165) is 0 Å². The average molecular weight is 256 g/mol. The van der Waals surface area contributed by atoms with Gasteiger partial charge in [-0.3, -0.25) is 10.1 Å². The molecule has 1 atom stereocenters. The van der Waals surface area contributed by atoms with Crippen LogP contribution in [0.3, 0.4) is 0 Å². The average Bonchev–Trinajstić information content (AvgIpc) is 2.24. The van der Waals surface area contributed by atoms with E-state index >= 15 is 0 Å². The maximum absolute atomic E-state index is 11.8. The van der Waals surface area contributed by atoms with Gasteiger partial charge in [0.25, 0.3) is 0 Å². The summed E-state index contributed by atoms with van der Waals surface area (Å²) in [6, 6.07) is 1.80. The molecular weight excluding hydrogens is 236 g/mol. The van der Waals surface area contributed by atoms with Crippen molar-refractivity contribution in [1.82, 2.24) is 5.32 Å². The number of ether oxygens (including phenoxy) is 2. The third-order valence-electron chi connectivity index (χ3n) is 1.92. The molecule has 0 aromatic carbocycles. The van der Waals surface area contributed by atoms with Crippen LogP contribution in [0.25, 0.3) is 0 Å². The van der Waals surface area contributed by atoms with Crippen LogP contribution in [0.15, 0.2) is 0 Å². The fraction of sp³-hybridized carbons (Fsp3) is 0.750. The van der Waals surface area contributed by atoms with E-state index in [9.17, 15) is 9.59 Å². The summed E-state index contributed by atoms with van der Waals surface area (Å²) >= 11 is 0. The minimum Gasteiger partial charge on any atom is -0.465 e. The Morgan fingerprint density at radius 1 is 1.28 bits per heavy atom. The maximum Gasteiger partial charge on any atom is 0.341 e. The van der Waals surface area contributed by atoms with E-state index in [2.05, 4.69) is 5.32 Å². The highest BCUT2D eigenvalue weighted by atomic mass is 16.6. The Morgan fingerprint density at radius 2 is 1.83 bits per heavy atom. The minimum atomic E-state index is -1.57. The van der Waals surface area contributed by atoms with Gasteiger partial charge >= 0.3 is 11.9 Å². The van der Waals surface area contributed by atoms with Crippen LogP contribution in [-0.4, -0.2) is 36.2 Å². The van der Waals surface area contributed by atoms with Crippen molar-refractivity contribution in [2.24, 2.45) is 0 Å². The third kappa shape index (κ3) is 5.64. The standard InChI is InChI=1S/C12H20N2O4/c1-6-17-9(15)7-14-12(5,8-13)10(16)18-11(2,3)4/h14H,6-7H2,1-5H3. The highest BCUT2D eigenvalue weighted by Gasteiger charge is 2.37. The van der Waals surface area contributed by atoms with Gasteiger partial charge < -0.3 is 9.47 Å². The van der Waals surface area contributed by atoms with Crippen molar-refractivity contribution in [3.8, 4) is 6.07 Å². The van der Waals surface area contributed by atoms with Crippen LogP contribution >= 0.6 is 0 Å². The van der Waals surface area contributed by atoms with Crippen molar-refractivity contribution in [3.05, 3.63) is 0 Å². The van der Waals surface area contributed by atoms with Gasteiger partial charge in [-0.25, -0.2) is 4.79 Å². The zero-order chi connectivity index (χ0) is 14.4. The second kappa shape index (κ2) is 6.36.